The number of rotatable bonds is 4. The highest BCUT2D eigenvalue weighted by Gasteiger charge is 2.18. The van der Waals surface area contributed by atoms with Crippen LogP contribution < -0.4 is 10.6 Å². The van der Waals surface area contributed by atoms with E-state index < -0.39 is 0 Å². The third kappa shape index (κ3) is 3.82. The number of urea groups is 1. The Bertz CT molecular complexity index is 635. The summed E-state index contributed by atoms with van der Waals surface area (Å²) in [6, 6.07) is 12.1. The summed E-state index contributed by atoms with van der Waals surface area (Å²) in [4.78, 5) is 12.1. The van der Waals surface area contributed by atoms with Crippen molar-refractivity contribution in [3.8, 4) is 0 Å². The van der Waals surface area contributed by atoms with Crippen molar-refractivity contribution in [3.63, 3.8) is 0 Å². The Morgan fingerprint density at radius 1 is 1.41 bits per heavy atom. The van der Waals surface area contributed by atoms with Gasteiger partial charge in [0.2, 0.25) is 0 Å². The number of nitrogens with one attached hydrogen (secondary N) is 2. The van der Waals surface area contributed by atoms with Crippen molar-refractivity contribution >= 4 is 23.6 Å². The summed E-state index contributed by atoms with van der Waals surface area (Å²) in [6.45, 7) is 2.57. The molecule has 116 valence electrons. The summed E-state index contributed by atoms with van der Waals surface area (Å²) in [5.74, 6) is 2.84. The van der Waals surface area contributed by atoms with Crippen LogP contribution in [0.2, 0.25) is 0 Å². The number of nitrogens with zero attached hydrogens (tertiary/aromatic N) is 2. The number of amides is 2. The lowest BCUT2D eigenvalue weighted by atomic mass is 10.2. The molecule has 1 unspecified atom stereocenters. The van der Waals surface area contributed by atoms with E-state index in [-0.39, 0.29) is 12.1 Å². The summed E-state index contributed by atoms with van der Waals surface area (Å²) >= 11 is 1.88. The Balaban J connectivity index is 1.66. The van der Waals surface area contributed by atoms with Gasteiger partial charge in [0, 0.05) is 17.9 Å². The Morgan fingerprint density at radius 2 is 2.23 bits per heavy atom. The molecule has 1 aliphatic heterocycles. The molecule has 1 aromatic carbocycles. The average Bonchev–Trinajstić information content (AvgIpc) is 3.10. The van der Waals surface area contributed by atoms with Crippen molar-refractivity contribution in [2.75, 3.05) is 16.8 Å². The van der Waals surface area contributed by atoms with Gasteiger partial charge in [0.05, 0.1) is 12.2 Å². The Hall–Kier alpha value is -1.95. The molecule has 2 aromatic rings. The van der Waals surface area contributed by atoms with Crippen LogP contribution in [0, 0.1) is 6.92 Å². The smallest absolute Gasteiger partial charge is 0.320 e. The summed E-state index contributed by atoms with van der Waals surface area (Å²) in [5, 5.41) is 10.4. The van der Waals surface area contributed by atoms with Crippen LogP contribution in [-0.2, 0) is 6.54 Å². The zero-order valence-electron chi connectivity index (χ0n) is 12.6. The van der Waals surface area contributed by atoms with Crippen LogP contribution in [-0.4, -0.2) is 33.4 Å². The van der Waals surface area contributed by atoms with Crippen molar-refractivity contribution < 1.29 is 4.79 Å². The highest BCUT2D eigenvalue weighted by Crippen LogP contribution is 2.17. The predicted molar refractivity (Wildman–Crippen MR) is 90.4 cm³/mol. The minimum atomic E-state index is -0.151. The first-order valence-corrected chi connectivity index (χ1v) is 8.60. The predicted octanol–water partition coefficient (Wildman–Crippen LogP) is 2.87. The summed E-state index contributed by atoms with van der Waals surface area (Å²) in [7, 11) is 0. The second-order valence-corrected chi connectivity index (χ2v) is 6.62. The van der Waals surface area contributed by atoms with Crippen molar-refractivity contribution in [1.82, 2.24) is 15.1 Å². The topological polar surface area (TPSA) is 59.0 Å². The van der Waals surface area contributed by atoms with Crippen molar-refractivity contribution in [2.45, 2.75) is 25.9 Å². The largest absolute Gasteiger partial charge is 0.334 e. The number of benzene rings is 1. The zero-order chi connectivity index (χ0) is 15.4. The van der Waals surface area contributed by atoms with Crippen LogP contribution in [0.1, 0.15) is 17.7 Å². The van der Waals surface area contributed by atoms with Gasteiger partial charge in [-0.05, 0) is 24.7 Å². The monoisotopic (exact) mass is 316 g/mol. The molecule has 2 heterocycles. The summed E-state index contributed by atoms with van der Waals surface area (Å²) < 4.78 is 1.83. The molecule has 3 rings (SSSR count). The van der Waals surface area contributed by atoms with Crippen LogP contribution in [0.25, 0.3) is 0 Å². The van der Waals surface area contributed by atoms with E-state index >= 15 is 0 Å². The van der Waals surface area contributed by atoms with Gasteiger partial charge in [-0.25, -0.2) is 9.48 Å². The van der Waals surface area contributed by atoms with E-state index in [1.54, 1.807) is 0 Å². The molecule has 1 aliphatic rings. The number of aromatic nitrogens is 2. The normalized spacial score (nSPS) is 17.4. The Kier molecular flexibility index (Phi) is 4.68. The molecule has 1 aromatic heterocycles. The van der Waals surface area contributed by atoms with E-state index in [1.807, 2.05) is 47.6 Å². The maximum absolute atomic E-state index is 12.1. The second-order valence-electron chi connectivity index (χ2n) is 5.47. The van der Waals surface area contributed by atoms with Gasteiger partial charge in [0.1, 0.15) is 5.82 Å². The number of carbonyl (C=O) groups is 1. The van der Waals surface area contributed by atoms with Crippen molar-refractivity contribution in [1.29, 1.82) is 0 Å². The Labute approximate surface area is 134 Å². The fourth-order valence-electron chi connectivity index (χ4n) is 2.51. The molecule has 0 aliphatic carbocycles. The fourth-order valence-corrected chi connectivity index (χ4v) is 3.66. The lowest BCUT2D eigenvalue weighted by molar-refractivity contribution is 0.249. The van der Waals surface area contributed by atoms with Crippen LogP contribution in [0.5, 0.6) is 0 Å². The van der Waals surface area contributed by atoms with Gasteiger partial charge in [-0.3, -0.25) is 5.32 Å². The lowest BCUT2D eigenvalue weighted by Gasteiger charge is -2.13. The van der Waals surface area contributed by atoms with Crippen molar-refractivity contribution in [3.05, 3.63) is 47.7 Å². The van der Waals surface area contributed by atoms with E-state index in [1.165, 1.54) is 0 Å². The molecule has 2 amide bonds. The number of carbonyl (C=O) groups excluding carboxylic acids is 1. The standard InChI is InChI=1S/C16H20N4OS/c1-12-9-15(18-16(21)17-14-7-8-22-11-14)20(19-12)10-13-5-3-2-4-6-13/h2-6,9,14H,7-8,10-11H2,1H3,(H2,17,18,21). The van der Waals surface area contributed by atoms with Crippen LogP contribution in [0.4, 0.5) is 10.6 Å². The number of aryl methyl sites for hydroxylation is 1. The molecular weight excluding hydrogens is 296 g/mol. The number of thioether (sulfide) groups is 1. The maximum Gasteiger partial charge on any atom is 0.320 e. The third-order valence-electron chi connectivity index (χ3n) is 3.58. The first-order valence-electron chi connectivity index (χ1n) is 7.44. The van der Waals surface area contributed by atoms with Gasteiger partial charge in [-0.1, -0.05) is 30.3 Å². The zero-order valence-corrected chi connectivity index (χ0v) is 13.4. The molecule has 1 fully saturated rings. The molecule has 22 heavy (non-hydrogen) atoms. The molecule has 0 saturated carbocycles. The number of hydrogen-bond acceptors (Lipinski definition) is 3. The van der Waals surface area contributed by atoms with E-state index in [9.17, 15) is 4.79 Å². The van der Waals surface area contributed by atoms with Gasteiger partial charge in [0.15, 0.2) is 0 Å². The van der Waals surface area contributed by atoms with Crippen molar-refractivity contribution in [2.24, 2.45) is 0 Å². The molecule has 0 spiro atoms. The van der Waals surface area contributed by atoms with Gasteiger partial charge in [-0.15, -0.1) is 0 Å². The van der Waals surface area contributed by atoms with E-state index in [2.05, 4.69) is 27.9 Å². The molecule has 5 nitrogen and oxygen atoms in total. The number of anilines is 1. The molecular formula is C16H20N4OS. The average molecular weight is 316 g/mol. The van der Waals surface area contributed by atoms with Crippen LogP contribution in [0.15, 0.2) is 36.4 Å². The van der Waals surface area contributed by atoms with Gasteiger partial charge in [0.25, 0.3) is 0 Å². The maximum atomic E-state index is 12.1. The quantitative estimate of drug-likeness (QED) is 0.912. The third-order valence-corrected chi connectivity index (χ3v) is 4.75. The molecule has 0 radical (unpaired) electrons. The van der Waals surface area contributed by atoms with Gasteiger partial charge in [-0.2, -0.15) is 16.9 Å². The molecule has 1 saturated heterocycles. The van der Waals surface area contributed by atoms with E-state index in [4.69, 9.17) is 0 Å². The first-order chi connectivity index (χ1) is 10.7. The summed E-state index contributed by atoms with van der Waals surface area (Å²) in [6.07, 6.45) is 1.04. The van der Waals surface area contributed by atoms with Gasteiger partial charge >= 0.3 is 6.03 Å². The van der Waals surface area contributed by atoms with E-state index in [0.29, 0.717) is 6.54 Å². The fraction of sp³-hybridized carbons (Fsp3) is 0.375. The Morgan fingerprint density at radius 3 is 2.95 bits per heavy atom. The van der Waals surface area contributed by atoms with Gasteiger partial charge < -0.3 is 5.32 Å². The molecule has 6 heteroatoms. The van der Waals surface area contributed by atoms with Crippen LogP contribution >= 0.6 is 11.8 Å². The first kappa shape index (κ1) is 15.0. The molecule has 0 bridgehead atoms. The highest BCUT2D eigenvalue weighted by atomic mass is 32.2. The molecule has 2 N–H and O–H groups in total. The van der Waals surface area contributed by atoms with E-state index in [0.717, 1.165) is 35.0 Å². The SMILES string of the molecule is Cc1cc(NC(=O)NC2CCSC2)n(Cc2ccccc2)n1. The molecule has 1 atom stereocenters. The van der Waals surface area contributed by atoms with Crippen LogP contribution in [0.3, 0.4) is 0 Å². The lowest BCUT2D eigenvalue weighted by Crippen LogP contribution is -2.38. The minimum absolute atomic E-state index is 0.151. The second kappa shape index (κ2) is 6.87. The number of hydrogen-bond donors (Lipinski definition) is 2. The summed E-state index contributed by atoms with van der Waals surface area (Å²) in [5.41, 5.74) is 2.05. The minimum Gasteiger partial charge on any atom is -0.334 e. The highest BCUT2D eigenvalue weighted by molar-refractivity contribution is 7.99.